The summed E-state index contributed by atoms with van der Waals surface area (Å²) in [4.78, 5) is 15.9. The predicted molar refractivity (Wildman–Crippen MR) is 79.8 cm³/mol. The molecule has 1 aromatic heterocycles. The third-order valence-corrected chi connectivity index (χ3v) is 2.81. The van der Waals surface area contributed by atoms with E-state index in [0.29, 0.717) is 24.8 Å². The summed E-state index contributed by atoms with van der Waals surface area (Å²) in [7, 11) is 0. The van der Waals surface area contributed by atoms with E-state index in [4.69, 9.17) is 10.2 Å². The zero-order valence-electron chi connectivity index (χ0n) is 12.2. The molecule has 0 aliphatic carbocycles. The van der Waals surface area contributed by atoms with E-state index in [0.717, 1.165) is 31.4 Å². The van der Waals surface area contributed by atoms with Gasteiger partial charge in [-0.05, 0) is 25.8 Å². The first-order valence-electron chi connectivity index (χ1n) is 7.01. The Morgan fingerprint density at radius 1 is 1.35 bits per heavy atom. The third-order valence-electron chi connectivity index (χ3n) is 2.81. The standard InChI is InChI=1S/C14H24N4O2/c1-3-4-7-17-14(15)18-9-5-8-16-13(19)12-11(2)6-10-20-12/h6,10H,3-5,7-9H2,1-2H3,(H,16,19)(H3,15,17,18). The van der Waals surface area contributed by atoms with Gasteiger partial charge in [0.05, 0.1) is 6.26 Å². The normalized spacial score (nSPS) is 11.4. The van der Waals surface area contributed by atoms with Crippen molar-refractivity contribution >= 4 is 11.9 Å². The van der Waals surface area contributed by atoms with E-state index in [9.17, 15) is 4.79 Å². The molecular weight excluding hydrogens is 256 g/mol. The fourth-order valence-corrected chi connectivity index (χ4v) is 1.62. The number of unbranched alkanes of at least 4 members (excludes halogenated alkanes) is 1. The fraction of sp³-hybridized carbons (Fsp3) is 0.571. The van der Waals surface area contributed by atoms with E-state index in [1.165, 1.54) is 6.26 Å². The topological polar surface area (TPSA) is 92.6 Å². The van der Waals surface area contributed by atoms with Gasteiger partial charge in [-0.15, -0.1) is 0 Å². The van der Waals surface area contributed by atoms with Gasteiger partial charge in [-0.2, -0.15) is 0 Å². The van der Waals surface area contributed by atoms with Crippen LogP contribution in [0.1, 0.15) is 42.3 Å². The van der Waals surface area contributed by atoms with E-state index >= 15 is 0 Å². The van der Waals surface area contributed by atoms with Gasteiger partial charge in [0, 0.05) is 25.2 Å². The van der Waals surface area contributed by atoms with Crippen molar-refractivity contribution in [1.29, 1.82) is 0 Å². The van der Waals surface area contributed by atoms with Crippen molar-refractivity contribution in [3.63, 3.8) is 0 Å². The van der Waals surface area contributed by atoms with Crippen molar-refractivity contribution in [3.8, 4) is 0 Å². The molecule has 112 valence electrons. The lowest BCUT2D eigenvalue weighted by Crippen LogP contribution is -2.32. The minimum atomic E-state index is -0.189. The van der Waals surface area contributed by atoms with Crippen LogP contribution in [-0.4, -0.2) is 31.5 Å². The number of furan rings is 1. The Morgan fingerprint density at radius 3 is 2.75 bits per heavy atom. The van der Waals surface area contributed by atoms with Crippen LogP contribution >= 0.6 is 0 Å². The van der Waals surface area contributed by atoms with Crippen LogP contribution in [0.25, 0.3) is 0 Å². The highest BCUT2D eigenvalue weighted by Crippen LogP contribution is 2.07. The summed E-state index contributed by atoms with van der Waals surface area (Å²) in [5.41, 5.74) is 6.53. The minimum absolute atomic E-state index is 0.189. The maximum absolute atomic E-state index is 11.7. The van der Waals surface area contributed by atoms with Crippen LogP contribution in [0, 0.1) is 6.92 Å². The zero-order chi connectivity index (χ0) is 14.8. The molecule has 1 amide bonds. The number of hydrogen-bond donors (Lipinski definition) is 3. The Labute approximate surface area is 119 Å². The van der Waals surface area contributed by atoms with Gasteiger partial charge in [-0.25, -0.2) is 0 Å². The van der Waals surface area contributed by atoms with Crippen LogP contribution in [0.4, 0.5) is 0 Å². The Kier molecular flexibility index (Phi) is 7.24. The smallest absolute Gasteiger partial charge is 0.287 e. The molecule has 20 heavy (non-hydrogen) atoms. The summed E-state index contributed by atoms with van der Waals surface area (Å²) in [5.74, 6) is 0.645. The number of guanidine groups is 1. The lowest BCUT2D eigenvalue weighted by molar-refractivity contribution is 0.0925. The molecule has 0 bridgehead atoms. The maximum atomic E-state index is 11.7. The first-order valence-corrected chi connectivity index (χ1v) is 7.01. The molecule has 6 heteroatoms. The average molecular weight is 280 g/mol. The molecule has 0 aromatic carbocycles. The molecule has 0 saturated carbocycles. The molecule has 0 atom stereocenters. The summed E-state index contributed by atoms with van der Waals surface area (Å²) < 4.78 is 5.11. The van der Waals surface area contributed by atoms with Crippen LogP contribution in [-0.2, 0) is 0 Å². The van der Waals surface area contributed by atoms with Gasteiger partial charge < -0.3 is 20.8 Å². The molecule has 4 N–H and O–H groups in total. The van der Waals surface area contributed by atoms with Crippen LogP contribution in [0.5, 0.6) is 0 Å². The Morgan fingerprint density at radius 2 is 2.10 bits per heavy atom. The molecule has 0 saturated heterocycles. The van der Waals surface area contributed by atoms with Gasteiger partial charge in [-0.3, -0.25) is 9.79 Å². The number of nitrogens with two attached hydrogens (primary N) is 1. The van der Waals surface area contributed by atoms with Crippen molar-refractivity contribution in [1.82, 2.24) is 10.6 Å². The van der Waals surface area contributed by atoms with E-state index in [1.54, 1.807) is 6.07 Å². The summed E-state index contributed by atoms with van der Waals surface area (Å²) in [6, 6.07) is 1.77. The van der Waals surface area contributed by atoms with Crippen LogP contribution in [0.2, 0.25) is 0 Å². The van der Waals surface area contributed by atoms with Crippen molar-refractivity contribution in [3.05, 3.63) is 23.7 Å². The highest BCUT2D eigenvalue weighted by Gasteiger charge is 2.10. The molecular formula is C14H24N4O2. The number of hydrogen-bond acceptors (Lipinski definition) is 3. The second kappa shape index (κ2) is 9.01. The fourth-order valence-electron chi connectivity index (χ4n) is 1.62. The largest absolute Gasteiger partial charge is 0.459 e. The molecule has 0 radical (unpaired) electrons. The van der Waals surface area contributed by atoms with Crippen LogP contribution in [0.15, 0.2) is 21.7 Å². The first-order chi connectivity index (χ1) is 9.65. The molecule has 0 spiro atoms. The number of carbonyl (C=O) groups is 1. The number of aliphatic imine (C=N–C) groups is 1. The minimum Gasteiger partial charge on any atom is -0.459 e. The quantitative estimate of drug-likeness (QED) is 0.381. The van der Waals surface area contributed by atoms with Gasteiger partial charge in [0.15, 0.2) is 11.7 Å². The van der Waals surface area contributed by atoms with Crippen LogP contribution in [0.3, 0.4) is 0 Å². The number of aryl methyl sites for hydroxylation is 1. The summed E-state index contributed by atoms with van der Waals surface area (Å²) >= 11 is 0. The highest BCUT2D eigenvalue weighted by atomic mass is 16.3. The number of nitrogens with one attached hydrogen (secondary N) is 2. The first kappa shape index (κ1) is 16.1. The van der Waals surface area contributed by atoms with E-state index in [-0.39, 0.29) is 5.91 Å². The second-order valence-corrected chi connectivity index (χ2v) is 4.59. The number of carbonyl (C=O) groups excluding carboxylic acids is 1. The summed E-state index contributed by atoms with van der Waals surface area (Å²) in [6.45, 7) is 5.94. The summed E-state index contributed by atoms with van der Waals surface area (Å²) in [5, 5.41) is 5.83. The SMILES string of the molecule is CCCCNC(N)=NCCCNC(=O)c1occc1C. The van der Waals surface area contributed by atoms with Crippen molar-refractivity contribution < 1.29 is 9.21 Å². The highest BCUT2D eigenvalue weighted by molar-refractivity contribution is 5.92. The van der Waals surface area contributed by atoms with Crippen molar-refractivity contribution in [2.45, 2.75) is 33.1 Å². The lowest BCUT2D eigenvalue weighted by atomic mass is 10.2. The predicted octanol–water partition coefficient (Wildman–Crippen LogP) is 1.41. The molecule has 6 nitrogen and oxygen atoms in total. The molecule has 1 aromatic rings. The Hall–Kier alpha value is -1.98. The molecule has 1 heterocycles. The van der Waals surface area contributed by atoms with Gasteiger partial charge in [0.25, 0.3) is 5.91 Å². The maximum Gasteiger partial charge on any atom is 0.287 e. The molecule has 0 unspecified atom stereocenters. The van der Waals surface area contributed by atoms with Crippen LogP contribution < -0.4 is 16.4 Å². The van der Waals surface area contributed by atoms with Crippen molar-refractivity contribution in [2.75, 3.05) is 19.6 Å². The summed E-state index contributed by atoms with van der Waals surface area (Å²) in [6.07, 6.45) is 4.45. The van der Waals surface area contributed by atoms with E-state index in [2.05, 4.69) is 22.5 Å². The second-order valence-electron chi connectivity index (χ2n) is 4.59. The average Bonchev–Trinajstić information content (AvgIpc) is 2.85. The van der Waals surface area contributed by atoms with Gasteiger partial charge >= 0.3 is 0 Å². The number of nitrogens with zero attached hydrogens (tertiary/aromatic N) is 1. The van der Waals surface area contributed by atoms with E-state index < -0.39 is 0 Å². The zero-order valence-corrected chi connectivity index (χ0v) is 12.2. The third kappa shape index (κ3) is 5.77. The number of rotatable bonds is 8. The van der Waals surface area contributed by atoms with Gasteiger partial charge in [-0.1, -0.05) is 13.3 Å². The molecule has 1 rings (SSSR count). The van der Waals surface area contributed by atoms with Crippen molar-refractivity contribution in [2.24, 2.45) is 10.7 Å². The van der Waals surface area contributed by atoms with Gasteiger partial charge in [0.1, 0.15) is 0 Å². The Balaban J connectivity index is 2.14. The monoisotopic (exact) mass is 280 g/mol. The Bertz CT molecular complexity index is 440. The molecule has 0 aliphatic rings. The lowest BCUT2D eigenvalue weighted by Gasteiger charge is -2.05. The molecule has 0 aliphatic heterocycles. The van der Waals surface area contributed by atoms with Gasteiger partial charge in [0.2, 0.25) is 0 Å². The number of amides is 1. The molecule has 0 fully saturated rings. The van der Waals surface area contributed by atoms with E-state index in [1.807, 2.05) is 6.92 Å².